The third kappa shape index (κ3) is 106. The maximum atomic E-state index is 9.99. The average molecular weight is 126 g/mol. The normalized spacial score (nSPS) is 9.67. The topological polar surface area (TPSA) is 34.1 Å². The van der Waals surface area contributed by atoms with Gasteiger partial charge in [-0.15, -0.1) is 0 Å². The Bertz CT molecular complexity index is 94.7. The molecule has 34 valence electrons. The summed E-state index contributed by atoms with van der Waals surface area (Å²) in [5, 5.41) is 0. The average Bonchev–Trinajstić information content (AvgIpc) is 0.722. The van der Waals surface area contributed by atoms with E-state index in [1.54, 1.807) is 0 Å². The Kier molecular flexibility index (Phi) is 4.80. The van der Waals surface area contributed by atoms with Crippen LogP contribution in [0.4, 0.5) is 7.77 Å². The Morgan fingerprint density at radius 2 is 1.17 bits per heavy atom. The van der Waals surface area contributed by atoms with Crippen molar-refractivity contribution in [2.45, 2.75) is 0 Å². The number of hydrogen-bond donors (Lipinski definition) is 0. The molecule has 0 aromatic carbocycles. The molecule has 0 aliphatic carbocycles. The predicted molar refractivity (Wildman–Crippen MR) is 18.3 cm³/mol. The second kappa shape index (κ2) is 2.90. The van der Waals surface area contributed by atoms with Crippen LogP contribution in [0.2, 0.25) is 0 Å². The number of halogens is 2. The van der Waals surface area contributed by atoms with Crippen molar-refractivity contribution in [2.75, 3.05) is 0 Å². The van der Waals surface area contributed by atoms with Gasteiger partial charge < -0.3 is 0 Å². The summed E-state index contributed by atoms with van der Waals surface area (Å²) in [6.45, 7) is 0. The molecule has 0 amide bonds. The van der Waals surface area contributed by atoms with Crippen LogP contribution in [-0.2, 0) is 10.6 Å². The van der Waals surface area contributed by atoms with Crippen LogP contribution in [0.5, 0.6) is 0 Å². The molecule has 0 bridgehead atoms. The first kappa shape index (κ1) is 9.94. The van der Waals surface area contributed by atoms with Gasteiger partial charge in [0.15, 0.2) is 0 Å². The van der Waals surface area contributed by atoms with Gasteiger partial charge in [-0.25, -0.2) is 0 Å². The molecule has 0 aliphatic heterocycles. The van der Waals surface area contributed by atoms with Gasteiger partial charge in [-0.3, -0.25) is 0 Å². The van der Waals surface area contributed by atoms with Crippen molar-refractivity contribution >= 4 is 40.2 Å². The van der Waals surface area contributed by atoms with Crippen molar-refractivity contribution in [3.63, 3.8) is 0 Å². The minimum atomic E-state index is -5.67. The zero-order chi connectivity index (χ0) is 4.50. The summed E-state index contributed by atoms with van der Waals surface area (Å²) in [4.78, 5) is 0. The van der Waals surface area contributed by atoms with Gasteiger partial charge in [0.1, 0.15) is 0 Å². The molecular weight excluding hydrogens is 125 g/mol. The van der Waals surface area contributed by atoms with E-state index in [2.05, 4.69) is 0 Å². The first-order valence-corrected chi connectivity index (χ1v) is 1.93. The molecule has 0 aromatic rings. The molecule has 0 N–H and O–H groups in total. The van der Waals surface area contributed by atoms with Gasteiger partial charge in [0.25, 0.3) is 0 Å². The van der Waals surface area contributed by atoms with Crippen LogP contribution in [0.1, 0.15) is 0 Å². The fourth-order valence-corrected chi connectivity index (χ4v) is 0. The summed E-state index contributed by atoms with van der Waals surface area (Å²) in [5.74, 6) is 0. The molecule has 0 atom stereocenters. The SMILES string of the molecule is O=S(=O)(F)F.[NaH]. The van der Waals surface area contributed by atoms with E-state index in [9.17, 15) is 7.77 Å². The molecule has 0 rings (SSSR count). The van der Waals surface area contributed by atoms with Crippen molar-refractivity contribution in [3.8, 4) is 0 Å². The fourth-order valence-electron chi connectivity index (χ4n) is 0. The molecule has 2 nitrogen and oxygen atoms in total. The second-order valence-electron chi connectivity index (χ2n) is 0.378. The van der Waals surface area contributed by atoms with Crippen LogP contribution in [0, 0.1) is 0 Å². The maximum absolute atomic E-state index is 9.99. The molecule has 0 radical (unpaired) electrons. The van der Waals surface area contributed by atoms with E-state index in [1.807, 2.05) is 0 Å². The third-order valence-corrected chi connectivity index (χ3v) is 0. The van der Waals surface area contributed by atoms with Gasteiger partial charge in [0.2, 0.25) is 0 Å². The third-order valence-electron chi connectivity index (χ3n) is 0. The molecule has 6 heteroatoms. The molecule has 6 heavy (non-hydrogen) atoms. The first-order valence-electron chi connectivity index (χ1n) is 0.642. The van der Waals surface area contributed by atoms with Gasteiger partial charge in [-0.1, -0.05) is 7.77 Å². The molecule has 0 unspecified atom stereocenters. The molecule has 0 heterocycles. The Morgan fingerprint density at radius 3 is 1.17 bits per heavy atom. The Hall–Kier alpha value is 0.810. The molecule has 0 aromatic heterocycles. The van der Waals surface area contributed by atoms with E-state index in [-0.39, 0.29) is 29.6 Å². The summed E-state index contributed by atoms with van der Waals surface area (Å²) >= 11 is 0. The van der Waals surface area contributed by atoms with E-state index in [0.717, 1.165) is 0 Å². The van der Waals surface area contributed by atoms with E-state index in [1.165, 1.54) is 0 Å². The fraction of sp³-hybridized carbons (Fsp3) is 0. The number of hydrogen-bond acceptors (Lipinski definition) is 2. The van der Waals surface area contributed by atoms with E-state index < -0.39 is 10.6 Å². The zero-order valence-electron chi connectivity index (χ0n) is 1.98. The van der Waals surface area contributed by atoms with Crippen molar-refractivity contribution in [1.82, 2.24) is 0 Å². The van der Waals surface area contributed by atoms with Gasteiger partial charge in [0.05, 0.1) is 0 Å². The molecule has 0 spiro atoms. The van der Waals surface area contributed by atoms with Crippen LogP contribution >= 0.6 is 0 Å². The molecule has 0 fully saturated rings. The molecule has 0 saturated carbocycles. The summed E-state index contributed by atoms with van der Waals surface area (Å²) in [5.41, 5.74) is 0. The number of rotatable bonds is 0. The standard InChI is InChI=1S/F2O2S.Na.H/c1-5(2,3)4;;. The summed E-state index contributed by atoms with van der Waals surface area (Å²) in [6.07, 6.45) is 0. The van der Waals surface area contributed by atoms with Crippen LogP contribution in [0.3, 0.4) is 0 Å². The quantitative estimate of drug-likeness (QED) is 0.324. The van der Waals surface area contributed by atoms with Gasteiger partial charge in [-0.2, -0.15) is 8.42 Å². The van der Waals surface area contributed by atoms with Crippen LogP contribution in [0.25, 0.3) is 0 Å². The summed E-state index contributed by atoms with van der Waals surface area (Å²) in [6, 6.07) is 0. The summed E-state index contributed by atoms with van der Waals surface area (Å²) < 4.78 is 36.6. The van der Waals surface area contributed by atoms with Crippen LogP contribution in [0.15, 0.2) is 0 Å². The Morgan fingerprint density at radius 1 is 1.17 bits per heavy atom. The van der Waals surface area contributed by atoms with Crippen LogP contribution < -0.4 is 0 Å². The first-order chi connectivity index (χ1) is 2.00. The van der Waals surface area contributed by atoms with Crippen molar-refractivity contribution in [1.29, 1.82) is 0 Å². The summed E-state index contributed by atoms with van der Waals surface area (Å²) in [7, 11) is -5.67. The van der Waals surface area contributed by atoms with Gasteiger partial charge in [0, 0.05) is 0 Å². The van der Waals surface area contributed by atoms with E-state index >= 15 is 0 Å². The van der Waals surface area contributed by atoms with Crippen molar-refractivity contribution in [3.05, 3.63) is 0 Å². The van der Waals surface area contributed by atoms with Crippen molar-refractivity contribution < 1.29 is 16.2 Å². The zero-order valence-corrected chi connectivity index (χ0v) is 2.80. The van der Waals surface area contributed by atoms with E-state index in [0.29, 0.717) is 0 Å². The van der Waals surface area contributed by atoms with E-state index in [4.69, 9.17) is 8.42 Å². The molecular formula is HF2NaO2S. The Labute approximate surface area is 56.3 Å². The van der Waals surface area contributed by atoms with Crippen molar-refractivity contribution in [2.24, 2.45) is 0 Å². The van der Waals surface area contributed by atoms with Crippen LogP contribution in [-0.4, -0.2) is 38.0 Å². The minimum absolute atomic E-state index is 0. The van der Waals surface area contributed by atoms with Gasteiger partial charge >= 0.3 is 40.2 Å². The second-order valence-corrected chi connectivity index (χ2v) is 1.14. The van der Waals surface area contributed by atoms with Gasteiger partial charge in [-0.05, 0) is 0 Å². The Balaban J connectivity index is 0. The monoisotopic (exact) mass is 126 g/mol. The predicted octanol–water partition coefficient (Wildman–Crippen LogP) is -0.478. The molecule has 0 saturated heterocycles. The molecule has 0 aliphatic rings.